The van der Waals surface area contributed by atoms with Gasteiger partial charge in [0.1, 0.15) is 18.2 Å². The van der Waals surface area contributed by atoms with Crippen molar-refractivity contribution in [1.82, 2.24) is 34.0 Å². The summed E-state index contributed by atoms with van der Waals surface area (Å²) in [6.07, 6.45) is 7.17. The van der Waals surface area contributed by atoms with Gasteiger partial charge in [-0.15, -0.1) is 0 Å². The van der Waals surface area contributed by atoms with E-state index < -0.39 is 11.8 Å². The Hall–Kier alpha value is -4.35. The Labute approximate surface area is 246 Å². The molecule has 0 aliphatic carbocycles. The molecule has 2 aromatic carbocycles. The fourth-order valence-corrected chi connectivity index (χ4v) is 5.49. The molecule has 0 bridgehead atoms. The molecular weight excluding hydrogens is 561 g/mol. The van der Waals surface area contributed by atoms with Crippen LogP contribution in [0.15, 0.2) is 61.2 Å². The van der Waals surface area contributed by atoms with Crippen LogP contribution in [0.2, 0.25) is 5.02 Å². The summed E-state index contributed by atoms with van der Waals surface area (Å²) in [5.41, 5.74) is 3.92. The molecule has 1 saturated heterocycles. The number of rotatable bonds is 9. The number of aryl methyl sites for hydroxylation is 1. The molecule has 4 heterocycles. The molecule has 1 N–H and O–H groups in total. The average Bonchev–Trinajstić information content (AvgIpc) is 3.55. The third-order valence-electron chi connectivity index (χ3n) is 7.55. The summed E-state index contributed by atoms with van der Waals surface area (Å²) in [5.74, 6) is -0.295. The second-order valence-corrected chi connectivity index (χ2v) is 10.9. The van der Waals surface area contributed by atoms with E-state index in [1.54, 1.807) is 42.9 Å². The van der Waals surface area contributed by atoms with Crippen molar-refractivity contribution in [2.45, 2.75) is 38.5 Å². The number of piperidine rings is 1. The predicted molar refractivity (Wildman–Crippen MR) is 154 cm³/mol. The van der Waals surface area contributed by atoms with Crippen LogP contribution in [0.1, 0.15) is 51.9 Å². The molecule has 1 aliphatic heterocycles. The van der Waals surface area contributed by atoms with Crippen molar-refractivity contribution < 1.29 is 19.0 Å². The van der Waals surface area contributed by atoms with E-state index in [9.17, 15) is 14.3 Å². The van der Waals surface area contributed by atoms with Gasteiger partial charge in [0.05, 0.1) is 47.4 Å². The number of nitrogens with zero attached hydrogens (tertiary/aromatic N) is 7. The topological polar surface area (TPSA) is 111 Å². The van der Waals surface area contributed by atoms with Gasteiger partial charge in [-0.2, -0.15) is 4.98 Å². The molecule has 42 heavy (non-hydrogen) atoms. The molecule has 5 aromatic rings. The number of ether oxygens (including phenoxy) is 1. The van der Waals surface area contributed by atoms with Crippen LogP contribution in [0.25, 0.3) is 11.0 Å². The highest BCUT2D eigenvalue weighted by atomic mass is 35.5. The zero-order valence-electron chi connectivity index (χ0n) is 23.0. The number of carboxylic acid groups (broad SMARTS) is 1. The fraction of sp³-hybridized carbons (Fsp3) is 0.300. The molecule has 0 amide bonds. The second-order valence-electron chi connectivity index (χ2n) is 10.5. The van der Waals surface area contributed by atoms with E-state index in [2.05, 4.69) is 24.4 Å². The van der Waals surface area contributed by atoms with Crippen molar-refractivity contribution in [1.29, 1.82) is 0 Å². The minimum Gasteiger partial charge on any atom is -0.478 e. The average molecular weight is 590 g/mol. The summed E-state index contributed by atoms with van der Waals surface area (Å²) < 4.78 is 23.8. The Morgan fingerprint density at radius 2 is 1.93 bits per heavy atom. The smallest absolute Gasteiger partial charge is 0.335 e. The minimum absolute atomic E-state index is 0.0123. The summed E-state index contributed by atoms with van der Waals surface area (Å²) in [6, 6.07) is 11.6. The van der Waals surface area contributed by atoms with Gasteiger partial charge in [-0.25, -0.2) is 24.1 Å². The molecule has 1 fully saturated rings. The van der Waals surface area contributed by atoms with Crippen molar-refractivity contribution in [3.8, 4) is 6.01 Å². The molecule has 0 spiro atoms. The van der Waals surface area contributed by atoms with Gasteiger partial charge in [0.15, 0.2) is 0 Å². The highest BCUT2D eigenvalue weighted by molar-refractivity contribution is 6.30. The monoisotopic (exact) mass is 589 g/mol. The Balaban J connectivity index is 1.13. The zero-order chi connectivity index (χ0) is 29.2. The molecule has 0 radical (unpaired) electrons. The number of aromatic carboxylic acids is 1. The Kier molecular flexibility index (Phi) is 7.86. The maximum absolute atomic E-state index is 14.1. The molecule has 0 saturated carbocycles. The standard InChI is InChI=1S/C30H29ClFN7O3/c1-37-14-23(34-18-37)15-39-27-12-20(29(40)41)3-5-26(27)35-28(39)16-38-10-7-19(8-11-38)25-6-9-33-30(36-25)42-17-21-2-4-22(31)13-24(21)32/h2-6,9,12-14,18-19H,7-8,10-11,15-17H2,1H3,(H,40,41). The number of carboxylic acids is 1. The van der Waals surface area contributed by atoms with Gasteiger partial charge in [-0.3, -0.25) is 4.90 Å². The molecule has 0 unspecified atom stereocenters. The lowest BCUT2D eigenvalue weighted by Gasteiger charge is -2.31. The molecule has 0 atom stereocenters. The van der Waals surface area contributed by atoms with Crippen LogP contribution >= 0.6 is 11.6 Å². The van der Waals surface area contributed by atoms with Gasteiger partial charge in [0.2, 0.25) is 0 Å². The van der Waals surface area contributed by atoms with E-state index in [0.29, 0.717) is 23.7 Å². The number of aromatic nitrogens is 6. The number of carbonyl (C=O) groups is 1. The summed E-state index contributed by atoms with van der Waals surface area (Å²) in [5, 5.41) is 9.88. The first-order chi connectivity index (χ1) is 20.3. The van der Waals surface area contributed by atoms with E-state index in [-0.39, 0.29) is 24.1 Å². The van der Waals surface area contributed by atoms with Crippen molar-refractivity contribution in [3.63, 3.8) is 0 Å². The third-order valence-corrected chi connectivity index (χ3v) is 7.79. The highest BCUT2D eigenvalue weighted by Crippen LogP contribution is 2.29. The second kappa shape index (κ2) is 11.9. The summed E-state index contributed by atoms with van der Waals surface area (Å²) in [7, 11) is 1.92. The lowest BCUT2D eigenvalue weighted by atomic mass is 9.93. The van der Waals surface area contributed by atoms with Gasteiger partial charge in [-0.05, 0) is 62.3 Å². The molecule has 12 heteroatoms. The number of fused-ring (bicyclic) bond motifs is 1. The van der Waals surface area contributed by atoms with Crippen molar-refractivity contribution in [3.05, 3.63) is 100 Å². The van der Waals surface area contributed by atoms with Crippen molar-refractivity contribution in [2.75, 3.05) is 13.1 Å². The van der Waals surface area contributed by atoms with Crippen LogP contribution in [-0.2, 0) is 26.7 Å². The van der Waals surface area contributed by atoms with E-state index in [0.717, 1.165) is 54.2 Å². The lowest BCUT2D eigenvalue weighted by Crippen LogP contribution is -2.33. The number of hydrogen-bond acceptors (Lipinski definition) is 7. The molecule has 1 aliphatic rings. The minimum atomic E-state index is -0.971. The van der Waals surface area contributed by atoms with Crippen LogP contribution in [0, 0.1) is 5.82 Å². The lowest BCUT2D eigenvalue weighted by molar-refractivity contribution is 0.0697. The first-order valence-electron chi connectivity index (χ1n) is 13.6. The zero-order valence-corrected chi connectivity index (χ0v) is 23.7. The van der Waals surface area contributed by atoms with Crippen LogP contribution in [0.3, 0.4) is 0 Å². The Morgan fingerprint density at radius 1 is 1.10 bits per heavy atom. The molecule has 6 rings (SSSR count). The Morgan fingerprint density at radius 3 is 2.67 bits per heavy atom. The SMILES string of the molecule is Cn1cnc(Cn2c(CN3CCC(c4ccnc(OCc5ccc(Cl)cc5F)n4)CC3)nc3ccc(C(=O)O)cc32)c1. The van der Waals surface area contributed by atoms with Crippen LogP contribution in [-0.4, -0.2) is 58.1 Å². The van der Waals surface area contributed by atoms with E-state index >= 15 is 0 Å². The van der Waals surface area contributed by atoms with Gasteiger partial charge in [0, 0.05) is 35.9 Å². The number of imidazole rings is 2. The first-order valence-corrected chi connectivity index (χ1v) is 14.0. The van der Waals surface area contributed by atoms with Gasteiger partial charge >= 0.3 is 12.0 Å². The summed E-state index contributed by atoms with van der Waals surface area (Å²) in [6.45, 7) is 2.82. The maximum atomic E-state index is 14.1. The number of halogens is 2. The number of hydrogen-bond donors (Lipinski definition) is 1. The maximum Gasteiger partial charge on any atom is 0.335 e. The van der Waals surface area contributed by atoms with E-state index in [1.165, 1.54) is 6.07 Å². The van der Waals surface area contributed by atoms with Crippen LogP contribution in [0.4, 0.5) is 4.39 Å². The van der Waals surface area contributed by atoms with Gasteiger partial charge in [-0.1, -0.05) is 17.7 Å². The predicted octanol–water partition coefficient (Wildman–Crippen LogP) is 5.06. The molecular formula is C30H29ClFN7O3. The Bertz CT molecular complexity index is 1750. The summed E-state index contributed by atoms with van der Waals surface area (Å²) in [4.78, 5) is 32.2. The number of benzene rings is 2. The largest absolute Gasteiger partial charge is 0.478 e. The molecule has 10 nitrogen and oxygen atoms in total. The normalized spacial score (nSPS) is 14.5. The highest BCUT2D eigenvalue weighted by Gasteiger charge is 2.24. The molecule has 3 aromatic heterocycles. The quantitative estimate of drug-likeness (QED) is 0.254. The fourth-order valence-electron chi connectivity index (χ4n) is 5.33. The van der Waals surface area contributed by atoms with Crippen molar-refractivity contribution >= 4 is 28.6 Å². The van der Waals surface area contributed by atoms with E-state index in [4.69, 9.17) is 21.3 Å². The summed E-state index contributed by atoms with van der Waals surface area (Å²) >= 11 is 5.84. The van der Waals surface area contributed by atoms with Crippen molar-refractivity contribution in [2.24, 2.45) is 7.05 Å². The van der Waals surface area contributed by atoms with Gasteiger partial charge in [0.25, 0.3) is 0 Å². The molecule has 216 valence electrons. The third kappa shape index (κ3) is 6.12. The van der Waals surface area contributed by atoms with Crippen LogP contribution < -0.4 is 4.74 Å². The van der Waals surface area contributed by atoms with E-state index in [1.807, 2.05) is 23.9 Å². The number of likely N-dealkylation sites (tertiary alicyclic amines) is 1. The first kappa shape index (κ1) is 27.8. The van der Waals surface area contributed by atoms with Gasteiger partial charge < -0.3 is 19.0 Å². The van der Waals surface area contributed by atoms with Crippen LogP contribution in [0.5, 0.6) is 6.01 Å².